The van der Waals surface area contributed by atoms with E-state index in [-0.39, 0.29) is 6.71 Å². The van der Waals surface area contributed by atoms with Crippen LogP contribution in [0.4, 0.5) is 51.2 Å². The van der Waals surface area contributed by atoms with E-state index in [1.165, 1.54) is 88.9 Å². The number of aromatic nitrogens is 1. The van der Waals surface area contributed by atoms with Gasteiger partial charge in [0.1, 0.15) is 0 Å². The van der Waals surface area contributed by atoms with Crippen molar-refractivity contribution in [2.45, 2.75) is 20.3 Å². The fraction of sp³-hybridized carbons (Fsp3) is 0.0526. The first-order valence-corrected chi connectivity index (χ1v) is 21.7. The second-order valence-corrected chi connectivity index (χ2v) is 17.0. The van der Waals surface area contributed by atoms with Crippen molar-refractivity contribution in [3.05, 3.63) is 222 Å². The molecule has 3 heterocycles. The third-order valence-corrected chi connectivity index (χ3v) is 13.6. The molecule has 62 heavy (non-hydrogen) atoms. The van der Waals surface area contributed by atoms with Gasteiger partial charge in [0.05, 0.1) is 16.7 Å². The van der Waals surface area contributed by atoms with Gasteiger partial charge in [-0.3, -0.25) is 0 Å². The Morgan fingerprint density at radius 1 is 0.468 bits per heavy atom. The van der Waals surface area contributed by atoms with Gasteiger partial charge in [-0.25, -0.2) is 0 Å². The van der Waals surface area contributed by atoms with Crippen molar-refractivity contribution in [1.82, 2.24) is 4.57 Å². The van der Waals surface area contributed by atoms with E-state index in [0.29, 0.717) is 0 Å². The summed E-state index contributed by atoms with van der Waals surface area (Å²) in [6.07, 6.45) is 1.03. The third kappa shape index (κ3) is 4.96. The fourth-order valence-electron chi connectivity index (χ4n) is 10.8. The molecule has 0 N–H and O–H groups in total. The zero-order valence-electron chi connectivity index (χ0n) is 34.6. The van der Waals surface area contributed by atoms with Crippen molar-refractivity contribution in [2.24, 2.45) is 0 Å². The molecular weight excluding hydrogens is 751 g/mol. The van der Waals surface area contributed by atoms with Gasteiger partial charge < -0.3 is 19.3 Å². The highest BCUT2D eigenvalue weighted by molar-refractivity contribution is 7.00. The predicted octanol–water partition coefficient (Wildman–Crippen LogP) is 12.9. The van der Waals surface area contributed by atoms with Crippen molar-refractivity contribution in [2.75, 3.05) is 14.7 Å². The molecule has 14 rings (SSSR count). The van der Waals surface area contributed by atoms with Crippen LogP contribution in [0.15, 0.2) is 200 Å². The number of hydrogen-bond donors (Lipinski definition) is 0. The molecule has 2 bridgehead atoms. The number of hydrogen-bond acceptors (Lipinski definition) is 3. The molecule has 0 unspecified atom stereocenters. The Bertz CT molecular complexity index is 3410. The van der Waals surface area contributed by atoms with Crippen molar-refractivity contribution in [3.8, 4) is 5.69 Å². The summed E-state index contributed by atoms with van der Waals surface area (Å²) in [7, 11) is 0. The molecular formula is C57H41BN4. The van der Waals surface area contributed by atoms with Gasteiger partial charge in [0.25, 0.3) is 6.71 Å². The lowest BCUT2D eigenvalue weighted by molar-refractivity contribution is 1.03. The molecule has 0 saturated heterocycles. The van der Waals surface area contributed by atoms with Crippen LogP contribution in [-0.4, -0.2) is 11.3 Å². The first kappa shape index (κ1) is 35.0. The Balaban J connectivity index is 1.09. The van der Waals surface area contributed by atoms with Crippen LogP contribution in [0, 0.1) is 13.8 Å². The van der Waals surface area contributed by atoms with E-state index in [4.69, 9.17) is 0 Å². The van der Waals surface area contributed by atoms with Crippen LogP contribution < -0.4 is 31.1 Å². The van der Waals surface area contributed by atoms with Crippen molar-refractivity contribution in [1.29, 1.82) is 0 Å². The molecule has 0 atom stereocenters. The van der Waals surface area contributed by atoms with Crippen molar-refractivity contribution in [3.63, 3.8) is 0 Å². The molecule has 0 spiro atoms. The molecule has 9 aromatic carbocycles. The maximum absolute atomic E-state index is 2.53. The number of aryl methyl sites for hydroxylation is 2. The molecule has 2 aliphatic carbocycles. The number of benzene rings is 9. The summed E-state index contributed by atoms with van der Waals surface area (Å²) in [6.45, 7) is 4.56. The molecule has 0 amide bonds. The topological polar surface area (TPSA) is 14.7 Å². The molecule has 4 aliphatic rings. The quantitative estimate of drug-likeness (QED) is 0.156. The molecule has 0 saturated carbocycles. The molecule has 10 aromatic rings. The lowest BCUT2D eigenvalue weighted by atomic mass is 9.32. The predicted molar refractivity (Wildman–Crippen MR) is 262 cm³/mol. The van der Waals surface area contributed by atoms with E-state index in [2.05, 4.69) is 233 Å². The smallest absolute Gasteiger partial charge is 0.252 e. The highest BCUT2D eigenvalue weighted by Gasteiger charge is 2.46. The van der Waals surface area contributed by atoms with Gasteiger partial charge in [-0.05, 0) is 144 Å². The van der Waals surface area contributed by atoms with Gasteiger partial charge >= 0.3 is 0 Å². The van der Waals surface area contributed by atoms with Crippen LogP contribution >= 0.6 is 0 Å². The fourth-order valence-corrected chi connectivity index (χ4v) is 10.8. The second-order valence-electron chi connectivity index (χ2n) is 17.0. The van der Waals surface area contributed by atoms with E-state index in [1.54, 1.807) is 0 Å². The minimum Gasteiger partial charge on any atom is -0.311 e. The summed E-state index contributed by atoms with van der Waals surface area (Å²) in [5, 5.41) is 2.46. The molecule has 0 radical (unpaired) electrons. The lowest BCUT2D eigenvalue weighted by Crippen LogP contribution is -2.63. The summed E-state index contributed by atoms with van der Waals surface area (Å²) < 4.78 is 2.44. The first-order valence-electron chi connectivity index (χ1n) is 21.7. The largest absolute Gasteiger partial charge is 0.311 e. The SMILES string of the molecule is Cc1ccc(N2c3cccc4c3B(c3ccc(N(c5ccccc5)c5cccc6c7ccccc7n(-c7ccccc7)c56)cc3N4c3ccccc3)c3c2cc2c(C)c3C2)cc1. The average Bonchev–Trinajstić information content (AvgIpc) is 3.67. The number of fused-ring (bicyclic) bond motifs is 5. The van der Waals surface area contributed by atoms with Crippen LogP contribution in [0.25, 0.3) is 27.5 Å². The monoisotopic (exact) mass is 792 g/mol. The van der Waals surface area contributed by atoms with Gasteiger partial charge in [0, 0.05) is 62.0 Å². The zero-order valence-corrected chi connectivity index (χ0v) is 34.6. The Hall–Kier alpha value is -7.76. The Morgan fingerprint density at radius 3 is 1.84 bits per heavy atom. The highest BCUT2D eigenvalue weighted by atomic mass is 15.2. The van der Waals surface area contributed by atoms with Gasteiger partial charge in [0.15, 0.2) is 0 Å². The highest BCUT2D eigenvalue weighted by Crippen LogP contribution is 2.49. The zero-order chi connectivity index (χ0) is 41.1. The number of anilines is 9. The van der Waals surface area contributed by atoms with Crippen LogP contribution in [-0.2, 0) is 6.42 Å². The van der Waals surface area contributed by atoms with Gasteiger partial charge in [-0.1, -0.05) is 115 Å². The van der Waals surface area contributed by atoms with E-state index in [0.717, 1.165) is 34.9 Å². The number of rotatable bonds is 6. The summed E-state index contributed by atoms with van der Waals surface area (Å²) >= 11 is 0. The van der Waals surface area contributed by atoms with E-state index in [9.17, 15) is 0 Å². The summed E-state index contributed by atoms with van der Waals surface area (Å²) in [4.78, 5) is 7.51. The maximum Gasteiger partial charge on any atom is 0.252 e. The lowest BCUT2D eigenvalue weighted by Gasteiger charge is -2.46. The number of nitrogens with zero attached hydrogens (tertiary/aromatic N) is 4. The van der Waals surface area contributed by atoms with Crippen molar-refractivity contribution >= 4 is 96.1 Å². The summed E-state index contributed by atoms with van der Waals surface area (Å²) in [6, 6.07) is 73.9. The first-order chi connectivity index (χ1) is 30.6. The van der Waals surface area contributed by atoms with Gasteiger partial charge in [-0.2, -0.15) is 0 Å². The summed E-state index contributed by atoms with van der Waals surface area (Å²) in [5.41, 5.74) is 23.9. The van der Waals surface area contributed by atoms with Gasteiger partial charge in [-0.15, -0.1) is 0 Å². The Labute approximate surface area is 362 Å². The Kier molecular flexibility index (Phi) is 7.56. The van der Waals surface area contributed by atoms with Gasteiger partial charge in [0.2, 0.25) is 0 Å². The summed E-state index contributed by atoms with van der Waals surface area (Å²) in [5.74, 6) is 0. The molecule has 0 fully saturated rings. The standard InChI is InChI=1S/C57H41BN4/c1-37-28-30-43(31-29-37)61-51-26-15-25-50-56(51)58(55-47-34-39(38(47)2)35-54(55)61)48-33-32-44(36-53(48)60(50)41-18-8-4-9-19-41)59(40-16-6-3-7-17-40)52-27-14-23-46-45-22-12-13-24-49(45)62(57(46)52)42-20-10-5-11-21-42/h3-33,35-36H,34H2,1-2H3. The minimum atomic E-state index is 0.0687. The molecule has 1 aromatic heterocycles. The molecule has 5 heteroatoms. The van der Waals surface area contributed by atoms with Crippen LogP contribution in [0.1, 0.15) is 22.3 Å². The second kappa shape index (κ2) is 13.4. The van der Waals surface area contributed by atoms with E-state index >= 15 is 0 Å². The van der Waals surface area contributed by atoms with Crippen molar-refractivity contribution < 1.29 is 0 Å². The normalized spacial score (nSPS) is 13.2. The molecule has 292 valence electrons. The van der Waals surface area contributed by atoms with Crippen LogP contribution in [0.3, 0.4) is 0 Å². The van der Waals surface area contributed by atoms with E-state index < -0.39 is 0 Å². The van der Waals surface area contributed by atoms with Crippen LogP contribution in [0.2, 0.25) is 0 Å². The molecule has 2 aliphatic heterocycles. The maximum atomic E-state index is 2.53. The molecule has 4 nitrogen and oxygen atoms in total. The minimum absolute atomic E-state index is 0.0687. The van der Waals surface area contributed by atoms with Crippen LogP contribution in [0.5, 0.6) is 0 Å². The Morgan fingerprint density at radius 2 is 1.10 bits per heavy atom. The van der Waals surface area contributed by atoms with E-state index in [1.807, 2.05) is 0 Å². The number of para-hydroxylation sites is 5. The third-order valence-electron chi connectivity index (χ3n) is 13.6. The average molecular weight is 793 g/mol.